The Bertz CT molecular complexity index is 538. The molecular weight excluding hydrogens is 266 g/mol. The van der Waals surface area contributed by atoms with Crippen LogP contribution < -0.4 is 5.32 Å². The first kappa shape index (κ1) is 14.0. The van der Waals surface area contributed by atoms with Crippen molar-refractivity contribution in [2.45, 2.75) is 57.2 Å². The van der Waals surface area contributed by atoms with Crippen LogP contribution in [0.5, 0.6) is 0 Å². The van der Waals surface area contributed by atoms with Crippen LogP contribution in [0.4, 0.5) is 0 Å². The van der Waals surface area contributed by atoms with Gasteiger partial charge >= 0.3 is 0 Å². The van der Waals surface area contributed by atoms with Crippen molar-refractivity contribution in [1.82, 2.24) is 15.2 Å². The maximum Gasteiger partial charge on any atom is 0.246 e. The predicted molar refractivity (Wildman–Crippen MR) is 78.2 cm³/mol. The zero-order chi connectivity index (χ0) is 14.9. The van der Waals surface area contributed by atoms with Gasteiger partial charge in [0, 0.05) is 6.20 Å². The quantitative estimate of drug-likeness (QED) is 0.919. The maximum atomic E-state index is 12.8. The Morgan fingerprint density at radius 3 is 2.71 bits per heavy atom. The molecular formula is C16H21N3O2. The summed E-state index contributed by atoms with van der Waals surface area (Å²) in [6.07, 6.45) is 5.86. The molecule has 2 fully saturated rings. The number of pyridine rings is 1. The van der Waals surface area contributed by atoms with Gasteiger partial charge in [-0.15, -0.1) is 0 Å². The molecule has 0 aromatic carbocycles. The third-order valence-corrected chi connectivity index (χ3v) is 4.69. The molecule has 0 radical (unpaired) electrons. The third-order valence-electron chi connectivity index (χ3n) is 4.69. The topological polar surface area (TPSA) is 62.3 Å². The van der Waals surface area contributed by atoms with Crippen molar-refractivity contribution < 1.29 is 9.59 Å². The minimum absolute atomic E-state index is 0.0161. The van der Waals surface area contributed by atoms with Gasteiger partial charge in [0.25, 0.3) is 0 Å². The highest BCUT2D eigenvalue weighted by molar-refractivity contribution is 6.00. The fourth-order valence-corrected chi connectivity index (χ4v) is 3.49. The second-order valence-corrected chi connectivity index (χ2v) is 5.92. The van der Waals surface area contributed by atoms with Crippen LogP contribution in [0.1, 0.15) is 44.7 Å². The van der Waals surface area contributed by atoms with Crippen LogP contribution in [0.15, 0.2) is 24.4 Å². The van der Waals surface area contributed by atoms with E-state index in [0.717, 1.165) is 31.4 Å². The lowest BCUT2D eigenvalue weighted by atomic mass is 9.88. The summed E-state index contributed by atoms with van der Waals surface area (Å²) in [5.74, 6) is 0.0482. The zero-order valence-electron chi connectivity index (χ0n) is 12.3. The molecule has 2 aliphatic rings. The summed E-state index contributed by atoms with van der Waals surface area (Å²) in [5, 5.41) is 2.91. The van der Waals surface area contributed by atoms with Gasteiger partial charge in [-0.3, -0.25) is 14.6 Å². The number of nitrogens with zero attached hydrogens (tertiary/aromatic N) is 2. The van der Waals surface area contributed by atoms with Gasteiger partial charge in [-0.05, 0) is 31.4 Å². The molecule has 1 aliphatic carbocycles. The molecule has 1 aromatic rings. The van der Waals surface area contributed by atoms with Crippen molar-refractivity contribution in [2.75, 3.05) is 0 Å². The highest BCUT2D eigenvalue weighted by Crippen LogP contribution is 2.39. The fraction of sp³-hybridized carbons (Fsp3) is 0.562. The molecule has 2 heterocycles. The van der Waals surface area contributed by atoms with Gasteiger partial charge in [0.15, 0.2) is 0 Å². The predicted octanol–water partition coefficient (Wildman–Crippen LogP) is 1.63. The molecule has 5 nitrogen and oxygen atoms in total. The zero-order valence-corrected chi connectivity index (χ0v) is 12.3. The van der Waals surface area contributed by atoms with E-state index in [1.165, 1.54) is 0 Å². The number of nitrogens with one attached hydrogen (secondary N) is 1. The SMILES string of the molecule is CCC1NC(=O)C2(CCCC2)N(Cc2ccccn2)C1=O. The molecule has 1 N–H and O–H groups in total. The molecule has 5 heteroatoms. The Morgan fingerprint density at radius 1 is 1.33 bits per heavy atom. The number of rotatable bonds is 3. The van der Waals surface area contributed by atoms with Crippen LogP contribution in [0.2, 0.25) is 0 Å². The van der Waals surface area contributed by atoms with E-state index in [-0.39, 0.29) is 11.8 Å². The largest absolute Gasteiger partial charge is 0.342 e. The summed E-state index contributed by atoms with van der Waals surface area (Å²) in [4.78, 5) is 31.5. The van der Waals surface area contributed by atoms with Crippen molar-refractivity contribution >= 4 is 11.8 Å². The second-order valence-electron chi connectivity index (χ2n) is 5.92. The van der Waals surface area contributed by atoms with E-state index in [1.54, 1.807) is 11.1 Å². The monoisotopic (exact) mass is 287 g/mol. The van der Waals surface area contributed by atoms with Gasteiger partial charge in [0.05, 0.1) is 12.2 Å². The van der Waals surface area contributed by atoms with Crippen LogP contribution in [0.3, 0.4) is 0 Å². The average molecular weight is 287 g/mol. The standard InChI is InChI=1S/C16H21N3O2/c1-2-13-14(20)19(11-12-7-3-6-10-17-12)16(15(21)18-13)8-4-5-9-16/h3,6-7,10,13H,2,4-5,8-9,11H2,1H3,(H,18,21). The van der Waals surface area contributed by atoms with E-state index in [2.05, 4.69) is 10.3 Å². The van der Waals surface area contributed by atoms with Gasteiger partial charge in [-0.1, -0.05) is 25.8 Å². The molecule has 112 valence electrons. The number of hydrogen-bond donors (Lipinski definition) is 1. The third kappa shape index (κ3) is 2.30. The molecule has 1 saturated heterocycles. The van der Waals surface area contributed by atoms with Crippen molar-refractivity contribution in [2.24, 2.45) is 0 Å². The number of amides is 2. The Morgan fingerprint density at radius 2 is 2.10 bits per heavy atom. The Balaban J connectivity index is 1.94. The van der Waals surface area contributed by atoms with Crippen molar-refractivity contribution in [3.8, 4) is 0 Å². The van der Waals surface area contributed by atoms with E-state index in [0.29, 0.717) is 13.0 Å². The normalized spacial score (nSPS) is 24.4. The molecule has 1 aromatic heterocycles. The molecule has 3 rings (SSSR count). The van der Waals surface area contributed by atoms with Gasteiger partial charge in [0.2, 0.25) is 11.8 Å². The summed E-state index contributed by atoms with van der Waals surface area (Å²) >= 11 is 0. The molecule has 21 heavy (non-hydrogen) atoms. The van der Waals surface area contributed by atoms with E-state index < -0.39 is 11.6 Å². The van der Waals surface area contributed by atoms with E-state index in [9.17, 15) is 9.59 Å². The summed E-state index contributed by atoms with van der Waals surface area (Å²) in [6.45, 7) is 2.35. The van der Waals surface area contributed by atoms with E-state index >= 15 is 0 Å². The van der Waals surface area contributed by atoms with Crippen molar-refractivity contribution in [3.63, 3.8) is 0 Å². The fourth-order valence-electron chi connectivity index (χ4n) is 3.49. The minimum atomic E-state index is -0.653. The van der Waals surface area contributed by atoms with Crippen LogP contribution >= 0.6 is 0 Å². The van der Waals surface area contributed by atoms with Crippen molar-refractivity contribution in [3.05, 3.63) is 30.1 Å². The Hall–Kier alpha value is -1.91. The van der Waals surface area contributed by atoms with E-state index in [4.69, 9.17) is 0 Å². The Kier molecular flexibility index (Phi) is 3.66. The molecule has 1 unspecified atom stereocenters. The molecule has 0 bridgehead atoms. The number of carbonyl (C=O) groups is 2. The molecule has 1 atom stereocenters. The van der Waals surface area contributed by atoms with E-state index in [1.807, 2.05) is 25.1 Å². The van der Waals surface area contributed by atoms with Crippen molar-refractivity contribution in [1.29, 1.82) is 0 Å². The van der Waals surface area contributed by atoms with Crippen LogP contribution in [-0.4, -0.2) is 33.3 Å². The van der Waals surface area contributed by atoms with Gasteiger partial charge in [0.1, 0.15) is 11.6 Å². The highest BCUT2D eigenvalue weighted by Gasteiger charge is 2.53. The maximum absolute atomic E-state index is 12.8. The second kappa shape index (κ2) is 5.47. The number of piperazine rings is 1. The van der Waals surface area contributed by atoms with Crippen LogP contribution in [0.25, 0.3) is 0 Å². The molecule has 1 spiro atoms. The minimum Gasteiger partial charge on any atom is -0.342 e. The summed E-state index contributed by atoms with van der Waals surface area (Å²) in [7, 11) is 0. The summed E-state index contributed by atoms with van der Waals surface area (Å²) < 4.78 is 0. The smallest absolute Gasteiger partial charge is 0.246 e. The number of carbonyl (C=O) groups excluding carboxylic acids is 2. The first-order valence-electron chi connectivity index (χ1n) is 7.70. The van der Waals surface area contributed by atoms with Crippen LogP contribution in [0, 0.1) is 0 Å². The lowest BCUT2D eigenvalue weighted by Crippen LogP contribution is -2.69. The Labute approximate surface area is 124 Å². The molecule has 1 aliphatic heterocycles. The highest BCUT2D eigenvalue weighted by atomic mass is 16.2. The number of hydrogen-bond acceptors (Lipinski definition) is 3. The van der Waals surface area contributed by atoms with Gasteiger partial charge in [-0.25, -0.2) is 0 Å². The number of aromatic nitrogens is 1. The summed E-state index contributed by atoms with van der Waals surface area (Å²) in [5.41, 5.74) is 0.182. The molecule has 1 saturated carbocycles. The summed E-state index contributed by atoms with van der Waals surface area (Å²) in [6, 6.07) is 5.28. The van der Waals surface area contributed by atoms with Gasteiger partial charge < -0.3 is 10.2 Å². The lowest BCUT2D eigenvalue weighted by molar-refractivity contribution is -0.158. The van der Waals surface area contributed by atoms with Crippen LogP contribution in [-0.2, 0) is 16.1 Å². The van der Waals surface area contributed by atoms with Gasteiger partial charge in [-0.2, -0.15) is 0 Å². The average Bonchev–Trinajstić information content (AvgIpc) is 2.99. The first-order valence-corrected chi connectivity index (χ1v) is 7.70. The lowest BCUT2D eigenvalue weighted by Gasteiger charge is -2.46. The first-order chi connectivity index (χ1) is 10.2. The molecule has 2 amide bonds.